The van der Waals surface area contributed by atoms with E-state index < -0.39 is 0 Å². The highest BCUT2D eigenvalue weighted by molar-refractivity contribution is 6.01. The van der Waals surface area contributed by atoms with Crippen LogP contribution in [0.25, 0.3) is 0 Å². The minimum atomic E-state index is -0.159. The third-order valence-corrected chi connectivity index (χ3v) is 3.29. The van der Waals surface area contributed by atoms with E-state index in [1.165, 1.54) is 0 Å². The molecule has 1 amide bonds. The lowest BCUT2D eigenvalue weighted by molar-refractivity contribution is 0.0943. The molecule has 0 heterocycles. The van der Waals surface area contributed by atoms with Gasteiger partial charge in [-0.3, -0.25) is 4.79 Å². The number of amides is 1. The molecule has 4 heteroatoms. The average Bonchev–Trinajstić information content (AvgIpc) is 2.40. The maximum atomic E-state index is 12.2. The Labute approximate surface area is 115 Å². The summed E-state index contributed by atoms with van der Waals surface area (Å²) < 4.78 is 5.46. The zero-order valence-electron chi connectivity index (χ0n) is 12.0. The van der Waals surface area contributed by atoms with Crippen LogP contribution in [-0.4, -0.2) is 19.1 Å². The predicted molar refractivity (Wildman–Crippen MR) is 78.4 cm³/mol. The Balaban J connectivity index is 2.81. The van der Waals surface area contributed by atoms with Crippen LogP contribution >= 0.6 is 0 Å². The topological polar surface area (TPSA) is 64.3 Å². The van der Waals surface area contributed by atoms with Crippen molar-refractivity contribution in [2.45, 2.75) is 33.6 Å². The molecule has 0 radical (unpaired) electrons. The van der Waals surface area contributed by atoms with Crippen LogP contribution in [0.2, 0.25) is 0 Å². The summed E-state index contributed by atoms with van der Waals surface area (Å²) in [5.41, 5.74) is 6.78. The molecule has 19 heavy (non-hydrogen) atoms. The molecular weight excluding hydrogens is 240 g/mol. The Hall–Kier alpha value is -1.71. The molecule has 0 unspecified atom stereocenters. The first kappa shape index (κ1) is 15.3. The Morgan fingerprint density at radius 3 is 2.58 bits per heavy atom. The van der Waals surface area contributed by atoms with E-state index in [9.17, 15) is 4.79 Å². The van der Waals surface area contributed by atoms with Crippen molar-refractivity contribution in [2.24, 2.45) is 5.92 Å². The largest absolute Gasteiger partial charge is 0.493 e. The van der Waals surface area contributed by atoms with E-state index in [1.807, 2.05) is 6.92 Å². The van der Waals surface area contributed by atoms with E-state index in [1.54, 1.807) is 18.2 Å². The zero-order valence-corrected chi connectivity index (χ0v) is 12.0. The van der Waals surface area contributed by atoms with Crippen LogP contribution in [0.1, 0.15) is 44.0 Å². The molecule has 0 aromatic heterocycles. The molecule has 0 fully saturated rings. The second kappa shape index (κ2) is 7.67. The fourth-order valence-electron chi connectivity index (χ4n) is 1.97. The summed E-state index contributed by atoms with van der Waals surface area (Å²) in [4.78, 5) is 12.2. The Morgan fingerprint density at radius 1 is 1.32 bits per heavy atom. The number of benzene rings is 1. The van der Waals surface area contributed by atoms with Crippen LogP contribution in [0.4, 0.5) is 5.69 Å². The highest BCUT2D eigenvalue weighted by atomic mass is 16.5. The predicted octanol–water partition coefficient (Wildman–Crippen LogP) is 2.83. The van der Waals surface area contributed by atoms with Crippen molar-refractivity contribution in [3.05, 3.63) is 23.8 Å². The molecule has 0 spiro atoms. The third-order valence-electron chi connectivity index (χ3n) is 3.29. The molecule has 4 nitrogen and oxygen atoms in total. The van der Waals surface area contributed by atoms with Crippen molar-refractivity contribution in [2.75, 3.05) is 18.9 Å². The van der Waals surface area contributed by atoms with Gasteiger partial charge in [0, 0.05) is 12.2 Å². The van der Waals surface area contributed by atoms with Crippen LogP contribution in [0.3, 0.4) is 0 Å². The van der Waals surface area contributed by atoms with E-state index in [2.05, 4.69) is 19.2 Å². The second-order valence-electron chi connectivity index (χ2n) is 4.55. The number of carbonyl (C=O) groups is 1. The molecule has 0 saturated carbocycles. The Morgan fingerprint density at radius 2 is 2.00 bits per heavy atom. The number of nitrogens with one attached hydrogen (secondary N) is 1. The van der Waals surface area contributed by atoms with Gasteiger partial charge in [0.2, 0.25) is 0 Å². The van der Waals surface area contributed by atoms with Gasteiger partial charge in [-0.15, -0.1) is 0 Å². The summed E-state index contributed by atoms with van der Waals surface area (Å²) in [6.45, 7) is 7.32. The summed E-state index contributed by atoms with van der Waals surface area (Å²) in [6, 6.07) is 5.28. The fourth-order valence-corrected chi connectivity index (χ4v) is 1.97. The van der Waals surface area contributed by atoms with Gasteiger partial charge in [-0.05, 0) is 25.0 Å². The van der Waals surface area contributed by atoms with Crippen LogP contribution in [0.15, 0.2) is 18.2 Å². The second-order valence-corrected chi connectivity index (χ2v) is 4.55. The van der Waals surface area contributed by atoms with Gasteiger partial charge in [0.05, 0.1) is 6.61 Å². The summed E-state index contributed by atoms with van der Waals surface area (Å²) in [5, 5.41) is 2.94. The van der Waals surface area contributed by atoms with Crippen molar-refractivity contribution in [3.8, 4) is 5.75 Å². The van der Waals surface area contributed by atoms with E-state index in [0.717, 1.165) is 12.8 Å². The van der Waals surface area contributed by atoms with Crippen LogP contribution in [0.5, 0.6) is 5.75 Å². The van der Waals surface area contributed by atoms with Gasteiger partial charge < -0.3 is 15.8 Å². The summed E-state index contributed by atoms with van der Waals surface area (Å²) in [6.07, 6.45) is 2.11. The molecule has 0 aliphatic heterocycles. The number of hydrogen-bond acceptors (Lipinski definition) is 3. The van der Waals surface area contributed by atoms with Gasteiger partial charge >= 0.3 is 0 Å². The minimum absolute atomic E-state index is 0.159. The Kier molecular flexibility index (Phi) is 6.19. The number of carbonyl (C=O) groups excluding carboxylic acids is 1. The van der Waals surface area contributed by atoms with Crippen molar-refractivity contribution in [3.63, 3.8) is 0 Å². The number of anilines is 1. The van der Waals surface area contributed by atoms with E-state index in [4.69, 9.17) is 10.5 Å². The molecule has 1 aromatic carbocycles. The first-order chi connectivity index (χ1) is 9.13. The monoisotopic (exact) mass is 264 g/mol. The average molecular weight is 264 g/mol. The normalized spacial score (nSPS) is 10.5. The summed E-state index contributed by atoms with van der Waals surface area (Å²) in [5.74, 6) is 0.891. The molecular formula is C15H24N2O2. The molecule has 0 saturated heterocycles. The third kappa shape index (κ3) is 4.16. The summed E-state index contributed by atoms with van der Waals surface area (Å²) in [7, 11) is 0. The number of hydrogen-bond donors (Lipinski definition) is 2. The zero-order chi connectivity index (χ0) is 14.3. The van der Waals surface area contributed by atoms with Gasteiger partial charge in [-0.1, -0.05) is 32.8 Å². The highest BCUT2D eigenvalue weighted by Crippen LogP contribution is 2.24. The van der Waals surface area contributed by atoms with E-state index in [-0.39, 0.29) is 5.91 Å². The minimum Gasteiger partial charge on any atom is -0.493 e. The van der Waals surface area contributed by atoms with Crippen molar-refractivity contribution in [1.29, 1.82) is 0 Å². The molecule has 0 bridgehead atoms. The first-order valence-corrected chi connectivity index (χ1v) is 6.93. The van der Waals surface area contributed by atoms with Crippen molar-refractivity contribution in [1.82, 2.24) is 5.32 Å². The van der Waals surface area contributed by atoms with Gasteiger partial charge in [-0.2, -0.15) is 0 Å². The molecule has 1 rings (SSSR count). The standard InChI is InChI=1S/C15H24N2O2/c1-4-11(5-2)10-17-15(18)14-12(16)8-7-9-13(14)19-6-3/h7-9,11H,4-6,10,16H2,1-3H3,(H,17,18). The molecule has 1 aromatic rings. The maximum Gasteiger partial charge on any atom is 0.257 e. The van der Waals surface area contributed by atoms with Crippen LogP contribution in [0, 0.1) is 5.92 Å². The van der Waals surface area contributed by atoms with Gasteiger partial charge in [0.1, 0.15) is 11.3 Å². The molecule has 106 valence electrons. The van der Waals surface area contributed by atoms with E-state index >= 15 is 0 Å². The van der Waals surface area contributed by atoms with Crippen molar-refractivity contribution < 1.29 is 9.53 Å². The van der Waals surface area contributed by atoms with E-state index in [0.29, 0.717) is 36.1 Å². The lowest BCUT2D eigenvalue weighted by Gasteiger charge is -2.16. The SMILES string of the molecule is CCOc1cccc(N)c1C(=O)NCC(CC)CC. The van der Waals surface area contributed by atoms with Gasteiger partial charge in [-0.25, -0.2) is 0 Å². The highest BCUT2D eigenvalue weighted by Gasteiger charge is 2.16. The Bertz CT molecular complexity index is 415. The molecule has 0 aliphatic carbocycles. The number of nitrogen functional groups attached to an aromatic ring is 1. The first-order valence-electron chi connectivity index (χ1n) is 6.93. The van der Waals surface area contributed by atoms with Crippen LogP contribution < -0.4 is 15.8 Å². The van der Waals surface area contributed by atoms with Crippen LogP contribution in [-0.2, 0) is 0 Å². The fraction of sp³-hybridized carbons (Fsp3) is 0.533. The number of nitrogens with two attached hydrogens (primary N) is 1. The number of rotatable bonds is 7. The molecule has 0 aliphatic rings. The molecule has 3 N–H and O–H groups in total. The summed E-state index contributed by atoms with van der Waals surface area (Å²) >= 11 is 0. The van der Waals surface area contributed by atoms with Gasteiger partial charge in [0.15, 0.2) is 0 Å². The maximum absolute atomic E-state index is 12.2. The smallest absolute Gasteiger partial charge is 0.257 e. The van der Waals surface area contributed by atoms with Gasteiger partial charge in [0.25, 0.3) is 5.91 Å². The lowest BCUT2D eigenvalue weighted by Crippen LogP contribution is -2.30. The molecule has 0 atom stereocenters. The lowest BCUT2D eigenvalue weighted by atomic mass is 10.0. The quantitative estimate of drug-likeness (QED) is 0.744. The number of ether oxygens (including phenoxy) is 1. The van der Waals surface area contributed by atoms with Crippen molar-refractivity contribution >= 4 is 11.6 Å².